The number of hydrogen-bond acceptors (Lipinski definition) is 2. The minimum atomic E-state index is -1.15. The van der Waals surface area contributed by atoms with Gasteiger partial charge in [0.1, 0.15) is 5.03 Å². The highest BCUT2D eigenvalue weighted by atomic mass is 35.5. The van der Waals surface area contributed by atoms with Crippen LogP contribution in [0.3, 0.4) is 0 Å². The number of carbonyl (C=O) groups is 2. The van der Waals surface area contributed by atoms with Crippen molar-refractivity contribution in [2.24, 2.45) is 0 Å². The van der Waals surface area contributed by atoms with Crippen LogP contribution in [0.1, 0.15) is 5.56 Å². The third kappa shape index (κ3) is 2.19. The lowest BCUT2D eigenvalue weighted by Crippen LogP contribution is -2.31. The van der Waals surface area contributed by atoms with E-state index >= 15 is 0 Å². The van der Waals surface area contributed by atoms with Gasteiger partial charge in [0.15, 0.2) is 11.6 Å². The van der Waals surface area contributed by atoms with Gasteiger partial charge in [-0.1, -0.05) is 41.9 Å². The van der Waals surface area contributed by atoms with E-state index in [-0.39, 0.29) is 16.3 Å². The molecule has 0 aromatic heterocycles. The standard InChI is InChI=1S/C16H8ClF2NO2/c17-14-13(9-4-2-1-3-5-9)15(21)20(16(14)22)10-6-7-11(18)12(19)8-10/h1-8H. The Morgan fingerprint density at radius 2 is 1.55 bits per heavy atom. The van der Waals surface area contributed by atoms with Crippen LogP contribution < -0.4 is 4.90 Å². The van der Waals surface area contributed by atoms with Gasteiger partial charge in [-0.05, 0) is 17.7 Å². The monoisotopic (exact) mass is 319 g/mol. The highest BCUT2D eigenvalue weighted by Crippen LogP contribution is 2.35. The summed E-state index contributed by atoms with van der Waals surface area (Å²) in [6.07, 6.45) is 0. The molecule has 6 heteroatoms. The van der Waals surface area contributed by atoms with Crippen LogP contribution in [-0.2, 0) is 9.59 Å². The fourth-order valence-corrected chi connectivity index (χ4v) is 2.49. The van der Waals surface area contributed by atoms with Gasteiger partial charge in [0.2, 0.25) is 0 Å². The molecule has 1 heterocycles. The number of benzene rings is 2. The second-order valence-corrected chi connectivity index (χ2v) is 4.98. The van der Waals surface area contributed by atoms with E-state index in [1.807, 2.05) is 0 Å². The Kier molecular flexibility index (Phi) is 3.50. The van der Waals surface area contributed by atoms with Crippen LogP contribution in [0, 0.1) is 11.6 Å². The van der Waals surface area contributed by atoms with Crippen LogP contribution in [0.5, 0.6) is 0 Å². The van der Waals surface area contributed by atoms with Crippen molar-refractivity contribution in [3.8, 4) is 0 Å². The van der Waals surface area contributed by atoms with Gasteiger partial charge >= 0.3 is 0 Å². The molecule has 2 aromatic rings. The van der Waals surface area contributed by atoms with Crippen LogP contribution in [0.15, 0.2) is 53.6 Å². The predicted molar refractivity (Wildman–Crippen MR) is 78.1 cm³/mol. The number of carbonyl (C=O) groups excluding carboxylic acids is 2. The number of nitrogens with zero attached hydrogens (tertiary/aromatic N) is 1. The van der Waals surface area contributed by atoms with Crippen molar-refractivity contribution in [2.45, 2.75) is 0 Å². The summed E-state index contributed by atoms with van der Waals surface area (Å²) in [7, 11) is 0. The quantitative estimate of drug-likeness (QED) is 0.795. The summed E-state index contributed by atoms with van der Waals surface area (Å²) in [5.74, 6) is -3.66. The van der Waals surface area contributed by atoms with Crippen molar-refractivity contribution >= 4 is 34.7 Å². The lowest BCUT2D eigenvalue weighted by atomic mass is 10.1. The van der Waals surface area contributed by atoms with Crippen molar-refractivity contribution in [1.29, 1.82) is 0 Å². The number of imide groups is 1. The zero-order valence-electron chi connectivity index (χ0n) is 11.0. The molecule has 3 rings (SSSR count). The molecule has 0 radical (unpaired) electrons. The predicted octanol–water partition coefficient (Wildman–Crippen LogP) is 3.49. The first-order valence-electron chi connectivity index (χ1n) is 6.29. The van der Waals surface area contributed by atoms with E-state index in [2.05, 4.69) is 0 Å². The van der Waals surface area contributed by atoms with E-state index in [1.165, 1.54) is 0 Å². The lowest BCUT2D eigenvalue weighted by Gasteiger charge is -2.15. The number of amides is 2. The van der Waals surface area contributed by atoms with Crippen molar-refractivity contribution in [1.82, 2.24) is 0 Å². The van der Waals surface area contributed by atoms with Gasteiger partial charge in [0.05, 0.1) is 11.3 Å². The molecule has 0 bridgehead atoms. The first-order valence-corrected chi connectivity index (χ1v) is 6.67. The van der Waals surface area contributed by atoms with Gasteiger partial charge in [-0.25, -0.2) is 13.7 Å². The van der Waals surface area contributed by atoms with Crippen molar-refractivity contribution in [3.63, 3.8) is 0 Å². The third-order valence-corrected chi connectivity index (χ3v) is 3.60. The van der Waals surface area contributed by atoms with E-state index in [0.29, 0.717) is 5.56 Å². The van der Waals surface area contributed by atoms with Crippen LogP contribution in [0.25, 0.3) is 5.57 Å². The minimum Gasteiger partial charge on any atom is -0.268 e. The summed E-state index contributed by atoms with van der Waals surface area (Å²) >= 11 is 5.97. The minimum absolute atomic E-state index is 0.0389. The lowest BCUT2D eigenvalue weighted by molar-refractivity contribution is -0.119. The Morgan fingerprint density at radius 1 is 0.864 bits per heavy atom. The SMILES string of the molecule is O=C1C(Cl)=C(c2ccccc2)C(=O)N1c1ccc(F)c(F)c1. The maximum atomic E-state index is 13.3. The van der Waals surface area contributed by atoms with Crippen LogP contribution in [0.4, 0.5) is 14.5 Å². The molecule has 2 aromatic carbocycles. The highest BCUT2D eigenvalue weighted by Gasteiger charge is 2.39. The molecule has 1 aliphatic heterocycles. The number of halogens is 3. The molecule has 22 heavy (non-hydrogen) atoms. The smallest absolute Gasteiger partial charge is 0.268 e. The zero-order chi connectivity index (χ0) is 15.9. The Labute approximate surface area is 129 Å². The summed E-state index contributed by atoms with van der Waals surface area (Å²) in [5, 5.41) is -0.249. The summed E-state index contributed by atoms with van der Waals surface area (Å²) in [5.41, 5.74) is 0.450. The molecule has 3 nitrogen and oxygen atoms in total. The molecule has 0 unspecified atom stereocenters. The summed E-state index contributed by atoms with van der Waals surface area (Å²) in [6.45, 7) is 0. The molecular formula is C16H8ClF2NO2. The molecule has 0 fully saturated rings. The van der Waals surface area contributed by atoms with E-state index < -0.39 is 23.4 Å². The molecule has 0 saturated carbocycles. The molecule has 0 N–H and O–H groups in total. The highest BCUT2D eigenvalue weighted by molar-refractivity contribution is 6.60. The molecule has 2 amide bonds. The second kappa shape index (κ2) is 5.35. The Bertz CT molecular complexity index is 818. The topological polar surface area (TPSA) is 37.4 Å². The molecule has 110 valence electrons. The first-order chi connectivity index (χ1) is 10.5. The number of rotatable bonds is 2. The fourth-order valence-electron chi connectivity index (χ4n) is 2.22. The van der Waals surface area contributed by atoms with Gasteiger partial charge in [-0.15, -0.1) is 0 Å². The van der Waals surface area contributed by atoms with Gasteiger partial charge in [0, 0.05) is 6.07 Å². The Morgan fingerprint density at radius 3 is 2.18 bits per heavy atom. The normalized spacial score (nSPS) is 15.0. The summed E-state index contributed by atoms with van der Waals surface area (Å²) in [6, 6.07) is 11.2. The largest absolute Gasteiger partial charge is 0.277 e. The molecule has 0 atom stereocenters. The van der Waals surface area contributed by atoms with Crippen LogP contribution in [-0.4, -0.2) is 11.8 Å². The average molecular weight is 320 g/mol. The van der Waals surface area contributed by atoms with E-state index in [1.54, 1.807) is 30.3 Å². The maximum absolute atomic E-state index is 13.3. The van der Waals surface area contributed by atoms with Gasteiger partial charge in [0.25, 0.3) is 11.8 Å². The van der Waals surface area contributed by atoms with Crippen LogP contribution in [0.2, 0.25) is 0 Å². The fraction of sp³-hybridized carbons (Fsp3) is 0. The van der Waals surface area contributed by atoms with Gasteiger partial charge < -0.3 is 0 Å². The van der Waals surface area contributed by atoms with Crippen LogP contribution >= 0.6 is 11.6 Å². The molecular weight excluding hydrogens is 312 g/mol. The average Bonchev–Trinajstić information content (AvgIpc) is 2.73. The molecule has 1 aliphatic rings. The van der Waals surface area contributed by atoms with Crippen molar-refractivity contribution in [2.75, 3.05) is 4.90 Å². The third-order valence-electron chi connectivity index (χ3n) is 3.25. The number of hydrogen-bond donors (Lipinski definition) is 0. The van der Waals surface area contributed by atoms with Gasteiger partial charge in [-0.3, -0.25) is 9.59 Å². The van der Waals surface area contributed by atoms with Gasteiger partial charge in [-0.2, -0.15) is 0 Å². The molecule has 0 aliphatic carbocycles. The summed E-state index contributed by atoms with van der Waals surface area (Å²) < 4.78 is 26.3. The zero-order valence-corrected chi connectivity index (χ0v) is 11.8. The van der Waals surface area contributed by atoms with E-state index in [9.17, 15) is 18.4 Å². The maximum Gasteiger partial charge on any atom is 0.277 e. The second-order valence-electron chi connectivity index (χ2n) is 4.60. The number of anilines is 1. The Balaban J connectivity index is 2.06. The van der Waals surface area contributed by atoms with Crippen molar-refractivity contribution < 1.29 is 18.4 Å². The van der Waals surface area contributed by atoms with E-state index in [0.717, 1.165) is 23.1 Å². The Hall–Kier alpha value is -2.53. The van der Waals surface area contributed by atoms with E-state index in [4.69, 9.17) is 11.6 Å². The molecule has 0 saturated heterocycles. The molecule has 0 spiro atoms. The first kappa shape index (κ1) is 14.4. The van der Waals surface area contributed by atoms with Crippen molar-refractivity contribution in [3.05, 3.63) is 70.8 Å². The summed E-state index contributed by atoms with van der Waals surface area (Å²) in [4.78, 5) is 25.4.